The standard InChI is InChI=1S/C8H7ClO.CH4O/c1-6-2-3-7(5-10)8(9)4-6;1-2/h2-5H,1H3;2H,1H3. The maximum atomic E-state index is 10.3. The minimum Gasteiger partial charge on any atom is -0.400 e. The predicted octanol–water partition coefficient (Wildman–Crippen LogP) is 2.07. The second kappa shape index (κ2) is 5.75. The Bertz CT molecular complexity index is 259. The van der Waals surface area contributed by atoms with Crippen LogP contribution in [0.4, 0.5) is 0 Å². The summed E-state index contributed by atoms with van der Waals surface area (Å²) in [5.74, 6) is 0. The zero-order valence-electron chi connectivity index (χ0n) is 7.04. The summed E-state index contributed by atoms with van der Waals surface area (Å²) in [7, 11) is 1.00. The SMILES string of the molecule is CO.Cc1ccc(C=O)c(Cl)c1. The Morgan fingerprint density at radius 1 is 1.42 bits per heavy atom. The summed E-state index contributed by atoms with van der Waals surface area (Å²) in [6.45, 7) is 1.93. The van der Waals surface area contributed by atoms with Crippen molar-refractivity contribution in [2.24, 2.45) is 0 Å². The highest BCUT2D eigenvalue weighted by Gasteiger charge is 1.96. The van der Waals surface area contributed by atoms with Crippen LogP contribution < -0.4 is 0 Å². The van der Waals surface area contributed by atoms with Crippen LogP contribution in [0.5, 0.6) is 0 Å². The molecule has 0 heterocycles. The summed E-state index contributed by atoms with van der Waals surface area (Å²) in [6.07, 6.45) is 0.752. The van der Waals surface area contributed by atoms with Crippen molar-refractivity contribution < 1.29 is 9.90 Å². The van der Waals surface area contributed by atoms with Crippen molar-refractivity contribution >= 4 is 17.9 Å². The lowest BCUT2D eigenvalue weighted by Gasteiger charge is -1.95. The van der Waals surface area contributed by atoms with Crippen molar-refractivity contribution in [3.05, 3.63) is 34.3 Å². The van der Waals surface area contributed by atoms with Crippen molar-refractivity contribution in [2.75, 3.05) is 7.11 Å². The van der Waals surface area contributed by atoms with Gasteiger partial charge in [-0.3, -0.25) is 4.79 Å². The van der Waals surface area contributed by atoms with E-state index in [9.17, 15) is 4.79 Å². The van der Waals surface area contributed by atoms with E-state index in [1.807, 2.05) is 13.0 Å². The molecule has 0 saturated heterocycles. The van der Waals surface area contributed by atoms with Crippen LogP contribution in [0.1, 0.15) is 15.9 Å². The fourth-order valence-electron chi connectivity index (χ4n) is 0.728. The molecule has 1 aromatic rings. The molecule has 0 fully saturated rings. The molecule has 1 rings (SSSR count). The second-order valence-electron chi connectivity index (χ2n) is 2.14. The molecule has 0 aliphatic rings. The monoisotopic (exact) mass is 186 g/mol. The summed E-state index contributed by atoms with van der Waals surface area (Å²) in [6, 6.07) is 5.34. The van der Waals surface area contributed by atoms with Gasteiger partial charge < -0.3 is 5.11 Å². The van der Waals surface area contributed by atoms with Crippen LogP contribution in [0.25, 0.3) is 0 Å². The van der Waals surface area contributed by atoms with E-state index in [-0.39, 0.29) is 0 Å². The number of rotatable bonds is 1. The maximum absolute atomic E-state index is 10.3. The molecule has 66 valence electrons. The average molecular weight is 187 g/mol. The molecule has 0 radical (unpaired) electrons. The number of aldehydes is 1. The first-order valence-electron chi connectivity index (χ1n) is 3.40. The molecule has 0 amide bonds. The van der Waals surface area contributed by atoms with Crippen molar-refractivity contribution in [3.8, 4) is 0 Å². The van der Waals surface area contributed by atoms with Crippen LogP contribution >= 0.6 is 11.6 Å². The van der Waals surface area contributed by atoms with Gasteiger partial charge in [0.15, 0.2) is 6.29 Å². The van der Waals surface area contributed by atoms with Gasteiger partial charge in [-0.1, -0.05) is 17.7 Å². The third-order valence-electron chi connectivity index (χ3n) is 1.28. The lowest BCUT2D eigenvalue weighted by molar-refractivity contribution is 0.112. The second-order valence-corrected chi connectivity index (χ2v) is 2.55. The van der Waals surface area contributed by atoms with Gasteiger partial charge in [0.1, 0.15) is 0 Å². The third kappa shape index (κ3) is 3.03. The number of halogens is 1. The van der Waals surface area contributed by atoms with Gasteiger partial charge in [-0.2, -0.15) is 0 Å². The Labute approximate surface area is 76.8 Å². The van der Waals surface area contributed by atoms with E-state index in [1.54, 1.807) is 12.1 Å². The highest BCUT2D eigenvalue weighted by molar-refractivity contribution is 6.33. The van der Waals surface area contributed by atoms with Gasteiger partial charge in [0.25, 0.3) is 0 Å². The van der Waals surface area contributed by atoms with E-state index in [0.29, 0.717) is 10.6 Å². The Hall–Kier alpha value is -0.860. The number of carbonyl (C=O) groups is 1. The first kappa shape index (κ1) is 11.1. The minimum absolute atomic E-state index is 0.523. The van der Waals surface area contributed by atoms with Crippen LogP contribution in [-0.4, -0.2) is 18.5 Å². The van der Waals surface area contributed by atoms with Crippen molar-refractivity contribution in [1.29, 1.82) is 0 Å². The molecule has 0 unspecified atom stereocenters. The van der Waals surface area contributed by atoms with Crippen molar-refractivity contribution in [3.63, 3.8) is 0 Å². The summed E-state index contributed by atoms with van der Waals surface area (Å²) in [4.78, 5) is 10.3. The molecule has 0 spiro atoms. The zero-order valence-corrected chi connectivity index (χ0v) is 7.80. The van der Waals surface area contributed by atoms with Crippen molar-refractivity contribution in [2.45, 2.75) is 6.92 Å². The fraction of sp³-hybridized carbons (Fsp3) is 0.222. The van der Waals surface area contributed by atoms with E-state index >= 15 is 0 Å². The number of aryl methyl sites for hydroxylation is 1. The molecule has 0 atom stereocenters. The van der Waals surface area contributed by atoms with E-state index in [4.69, 9.17) is 16.7 Å². The molecule has 12 heavy (non-hydrogen) atoms. The summed E-state index contributed by atoms with van der Waals surface area (Å²) >= 11 is 5.70. The van der Waals surface area contributed by atoms with Gasteiger partial charge in [0.05, 0.1) is 5.02 Å². The number of benzene rings is 1. The largest absolute Gasteiger partial charge is 0.400 e. The van der Waals surface area contributed by atoms with Crippen molar-refractivity contribution in [1.82, 2.24) is 0 Å². The van der Waals surface area contributed by atoms with E-state index in [0.717, 1.165) is 19.0 Å². The number of hydrogen-bond acceptors (Lipinski definition) is 2. The topological polar surface area (TPSA) is 37.3 Å². The summed E-state index contributed by atoms with van der Waals surface area (Å²) in [5, 5.41) is 7.52. The Balaban J connectivity index is 0.000000561. The molecule has 1 N–H and O–H groups in total. The molecule has 0 saturated carbocycles. The molecule has 0 bridgehead atoms. The first-order valence-corrected chi connectivity index (χ1v) is 3.78. The van der Waals surface area contributed by atoms with Gasteiger partial charge >= 0.3 is 0 Å². The zero-order chi connectivity index (χ0) is 9.56. The quantitative estimate of drug-likeness (QED) is 0.682. The number of hydrogen-bond donors (Lipinski definition) is 1. The highest BCUT2D eigenvalue weighted by Crippen LogP contribution is 2.14. The molecule has 1 aromatic carbocycles. The molecule has 0 aromatic heterocycles. The van der Waals surface area contributed by atoms with E-state index in [1.165, 1.54) is 0 Å². The lowest BCUT2D eigenvalue weighted by Crippen LogP contribution is -1.81. The van der Waals surface area contributed by atoms with Gasteiger partial charge in [-0.05, 0) is 24.6 Å². The van der Waals surface area contributed by atoms with Gasteiger partial charge in [-0.15, -0.1) is 0 Å². The summed E-state index contributed by atoms with van der Waals surface area (Å²) < 4.78 is 0. The number of carbonyl (C=O) groups excluding carboxylic acids is 1. The molecule has 0 aliphatic heterocycles. The summed E-state index contributed by atoms with van der Waals surface area (Å²) in [5.41, 5.74) is 1.61. The highest BCUT2D eigenvalue weighted by atomic mass is 35.5. The Morgan fingerprint density at radius 3 is 2.42 bits per heavy atom. The van der Waals surface area contributed by atoms with E-state index in [2.05, 4.69) is 0 Å². The first-order chi connectivity index (χ1) is 5.74. The van der Waals surface area contributed by atoms with Crippen LogP contribution in [0.2, 0.25) is 5.02 Å². The molecule has 3 heteroatoms. The molecule has 2 nitrogen and oxygen atoms in total. The molecule has 0 aliphatic carbocycles. The number of aliphatic hydroxyl groups is 1. The maximum Gasteiger partial charge on any atom is 0.151 e. The lowest BCUT2D eigenvalue weighted by atomic mass is 10.2. The van der Waals surface area contributed by atoms with Crippen LogP contribution in [0.3, 0.4) is 0 Å². The van der Waals surface area contributed by atoms with Gasteiger partial charge in [-0.25, -0.2) is 0 Å². The molecular weight excluding hydrogens is 176 g/mol. The number of aliphatic hydroxyl groups excluding tert-OH is 1. The van der Waals surface area contributed by atoms with Gasteiger partial charge in [0.2, 0.25) is 0 Å². The minimum atomic E-state index is 0.523. The van der Waals surface area contributed by atoms with Crippen LogP contribution in [0, 0.1) is 6.92 Å². The van der Waals surface area contributed by atoms with E-state index < -0.39 is 0 Å². The average Bonchev–Trinajstić information content (AvgIpc) is 2.08. The Morgan fingerprint density at radius 2 is 2.00 bits per heavy atom. The Kier molecular flexibility index (Phi) is 5.34. The normalized spacial score (nSPS) is 8.33. The van der Waals surface area contributed by atoms with Crippen LogP contribution in [0.15, 0.2) is 18.2 Å². The van der Waals surface area contributed by atoms with Crippen LogP contribution in [-0.2, 0) is 0 Å². The fourth-order valence-corrected chi connectivity index (χ4v) is 1.01. The smallest absolute Gasteiger partial charge is 0.151 e. The molecular formula is C9H11ClO2. The van der Waals surface area contributed by atoms with Gasteiger partial charge in [0, 0.05) is 12.7 Å². The predicted molar refractivity (Wildman–Crippen MR) is 49.7 cm³/mol. The third-order valence-corrected chi connectivity index (χ3v) is 1.61.